The van der Waals surface area contributed by atoms with Gasteiger partial charge in [0.1, 0.15) is 11.9 Å². The lowest BCUT2D eigenvalue weighted by Gasteiger charge is -2.16. The van der Waals surface area contributed by atoms with Gasteiger partial charge in [0, 0.05) is 36.3 Å². The van der Waals surface area contributed by atoms with Gasteiger partial charge in [-0.05, 0) is 38.1 Å². The Morgan fingerprint density at radius 1 is 1.20 bits per heavy atom. The summed E-state index contributed by atoms with van der Waals surface area (Å²) in [5, 5.41) is 34.4. The molecule has 2 aromatic heterocycles. The highest BCUT2D eigenvalue weighted by Crippen LogP contribution is 2.35. The number of hydrogen-bond acceptors (Lipinski definition) is 8. The maximum Gasteiger partial charge on any atom is 0.417 e. The molecule has 8 nitrogen and oxygen atoms in total. The second kappa shape index (κ2) is 13.8. The summed E-state index contributed by atoms with van der Waals surface area (Å²) in [6.07, 6.45) is -1.78. The number of nitrogens with zero attached hydrogens (tertiary/aromatic N) is 2. The number of halogens is 5. The van der Waals surface area contributed by atoms with Crippen molar-refractivity contribution in [2.24, 2.45) is 0 Å². The van der Waals surface area contributed by atoms with Crippen LogP contribution in [0.15, 0.2) is 42.7 Å². The third kappa shape index (κ3) is 8.64. The monoisotopic (exact) mass is 533 g/mol. The average Bonchev–Trinajstić information content (AvgIpc) is 2.80. The van der Waals surface area contributed by atoms with Crippen molar-refractivity contribution in [3.8, 4) is 0 Å². The predicted octanol–water partition coefficient (Wildman–Crippen LogP) is 5.26. The molecule has 3 aromatic rings. The van der Waals surface area contributed by atoms with Crippen LogP contribution >= 0.6 is 23.2 Å². The largest absolute Gasteiger partial charge is 0.417 e. The lowest BCUT2D eigenvalue weighted by atomic mass is 10.0. The number of nitrogens with two attached hydrogens (primary N) is 1. The molecule has 1 unspecified atom stereocenters. The summed E-state index contributed by atoms with van der Waals surface area (Å²) in [7, 11) is 0. The van der Waals surface area contributed by atoms with E-state index in [0.29, 0.717) is 21.7 Å². The molecular formula is C22H24Cl2F3N5O3. The summed E-state index contributed by atoms with van der Waals surface area (Å²) < 4.78 is 36.4. The number of benzene rings is 1. The van der Waals surface area contributed by atoms with Gasteiger partial charge in [-0.25, -0.2) is 4.98 Å². The fraction of sp³-hybridized carbons (Fsp3) is 0.227. The van der Waals surface area contributed by atoms with E-state index in [-0.39, 0.29) is 28.8 Å². The SMILES string of the molecule is CCO.Cc1ccc(Cl)c(C(F)(F)F)c1.N=Cc1c(C(O)c2ncc(Cl)cc2NO)ccnc1N. The number of anilines is 2. The van der Waals surface area contributed by atoms with E-state index in [0.717, 1.165) is 12.3 Å². The van der Waals surface area contributed by atoms with Crippen LogP contribution in [-0.2, 0) is 6.18 Å². The first-order valence-corrected chi connectivity index (χ1v) is 10.6. The van der Waals surface area contributed by atoms with Gasteiger partial charge in [-0.1, -0.05) is 34.8 Å². The first-order chi connectivity index (χ1) is 16.4. The standard InChI is InChI=1S/C12H12ClN5O2.C8H6ClF3.C2H6O/c13-6-3-9(18-20)10(17-5-6)11(19)7-1-2-16-12(15)8(7)4-14;1-5-2-3-7(9)6(4-5)8(10,11)12;1-2-3/h1-5,11,14,18-20H,(H2,15,16);2-4H,1H3;3H,2H2,1H3. The Morgan fingerprint density at radius 2 is 1.83 bits per heavy atom. The summed E-state index contributed by atoms with van der Waals surface area (Å²) in [6, 6.07) is 6.76. The van der Waals surface area contributed by atoms with E-state index >= 15 is 0 Å². The molecule has 0 saturated carbocycles. The Labute approximate surface area is 209 Å². The summed E-state index contributed by atoms with van der Waals surface area (Å²) in [6.45, 7) is 3.52. The lowest BCUT2D eigenvalue weighted by Crippen LogP contribution is -2.11. The van der Waals surface area contributed by atoms with Crippen molar-refractivity contribution in [1.82, 2.24) is 9.97 Å². The van der Waals surface area contributed by atoms with Crippen molar-refractivity contribution in [1.29, 1.82) is 5.41 Å². The Hall–Kier alpha value is -2.96. The number of rotatable bonds is 4. The van der Waals surface area contributed by atoms with Crippen LogP contribution in [0.5, 0.6) is 0 Å². The average molecular weight is 534 g/mol. The first kappa shape index (κ1) is 30.1. The molecule has 0 bridgehead atoms. The van der Waals surface area contributed by atoms with Crippen molar-refractivity contribution in [2.75, 3.05) is 17.8 Å². The number of pyridine rings is 2. The number of aliphatic hydroxyl groups excluding tert-OH is 2. The quantitative estimate of drug-likeness (QED) is 0.198. The van der Waals surface area contributed by atoms with Gasteiger partial charge < -0.3 is 21.4 Å². The molecule has 7 N–H and O–H groups in total. The molecule has 35 heavy (non-hydrogen) atoms. The maximum absolute atomic E-state index is 12.1. The molecule has 0 radical (unpaired) electrons. The van der Waals surface area contributed by atoms with Gasteiger partial charge in [-0.15, -0.1) is 0 Å². The number of nitrogen functional groups attached to an aromatic ring is 1. The molecule has 0 fully saturated rings. The molecular weight excluding hydrogens is 510 g/mol. The number of aryl methyl sites for hydroxylation is 1. The molecule has 2 heterocycles. The summed E-state index contributed by atoms with van der Waals surface area (Å²) in [5.41, 5.74) is 8.34. The Morgan fingerprint density at radius 3 is 2.34 bits per heavy atom. The van der Waals surface area contributed by atoms with E-state index in [1.165, 1.54) is 36.7 Å². The van der Waals surface area contributed by atoms with Crippen LogP contribution in [0.4, 0.5) is 24.7 Å². The summed E-state index contributed by atoms with van der Waals surface area (Å²) in [4.78, 5) is 7.84. The van der Waals surface area contributed by atoms with E-state index in [1.54, 1.807) is 13.8 Å². The molecule has 13 heteroatoms. The van der Waals surface area contributed by atoms with Crippen molar-refractivity contribution >= 4 is 40.9 Å². The third-order valence-electron chi connectivity index (χ3n) is 4.19. The van der Waals surface area contributed by atoms with Gasteiger partial charge >= 0.3 is 6.18 Å². The molecule has 0 saturated heterocycles. The summed E-state index contributed by atoms with van der Waals surface area (Å²) >= 11 is 11.1. The Balaban J connectivity index is 0.000000347. The van der Waals surface area contributed by atoms with E-state index in [1.807, 2.05) is 5.48 Å². The number of aliphatic hydroxyl groups is 2. The van der Waals surface area contributed by atoms with Crippen LogP contribution in [-0.4, -0.2) is 38.2 Å². The van der Waals surface area contributed by atoms with Crippen LogP contribution < -0.4 is 11.2 Å². The smallest absolute Gasteiger partial charge is 0.397 e. The van der Waals surface area contributed by atoms with Gasteiger partial charge in [0.2, 0.25) is 0 Å². The maximum atomic E-state index is 12.1. The molecule has 190 valence electrons. The molecule has 0 spiro atoms. The number of aromatic nitrogens is 2. The Bertz CT molecular complexity index is 1130. The van der Waals surface area contributed by atoms with Gasteiger partial charge in [-0.3, -0.25) is 15.7 Å². The van der Waals surface area contributed by atoms with Gasteiger partial charge in [0.05, 0.1) is 27.0 Å². The number of nitrogens with one attached hydrogen (secondary N) is 2. The highest BCUT2D eigenvalue weighted by molar-refractivity contribution is 6.31. The lowest BCUT2D eigenvalue weighted by molar-refractivity contribution is -0.137. The third-order valence-corrected chi connectivity index (χ3v) is 4.72. The molecule has 1 atom stereocenters. The van der Waals surface area contributed by atoms with Gasteiger partial charge in [0.25, 0.3) is 0 Å². The van der Waals surface area contributed by atoms with Crippen LogP contribution in [0, 0.1) is 12.3 Å². The van der Waals surface area contributed by atoms with E-state index in [2.05, 4.69) is 9.97 Å². The summed E-state index contributed by atoms with van der Waals surface area (Å²) in [5.74, 6) is 0.129. The first-order valence-electron chi connectivity index (χ1n) is 9.83. The van der Waals surface area contributed by atoms with Crippen molar-refractivity contribution in [3.63, 3.8) is 0 Å². The molecule has 0 amide bonds. The molecule has 3 rings (SSSR count). The van der Waals surface area contributed by atoms with Crippen molar-refractivity contribution in [2.45, 2.75) is 26.1 Å². The van der Waals surface area contributed by atoms with E-state index in [4.69, 9.17) is 44.7 Å². The van der Waals surface area contributed by atoms with Crippen LogP contribution in [0.3, 0.4) is 0 Å². The molecule has 0 aliphatic carbocycles. The zero-order chi connectivity index (χ0) is 26.8. The molecule has 1 aromatic carbocycles. The molecule has 0 aliphatic heterocycles. The van der Waals surface area contributed by atoms with E-state index in [9.17, 15) is 18.3 Å². The van der Waals surface area contributed by atoms with Crippen molar-refractivity contribution < 1.29 is 28.6 Å². The molecule has 0 aliphatic rings. The fourth-order valence-corrected chi connectivity index (χ4v) is 3.04. The zero-order valence-corrected chi connectivity index (χ0v) is 20.1. The number of hydrogen-bond donors (Lipinski definition) is 6. The van der Waals surface area contributed by atoms with Crippen LogP contribution in [0.1, 0.15) is 41.0 Å². The van der Waals surface area contributed by atoms with E-state index < -0.39 is 17.8 Å². The normalized spacial score (nSPS) is 11.4. The van der Waals surface area contributed by atoms with Crippen LogP contribution in [0.25, 0.3) is 0 Å². The highest BCUT2D eigenvalue weighted by atomic mass is 35.5. The van der Waals surface area contributed by atoms with Gasteiger partial charge in [0.15, 0.2) is 0 Å². The van der Waals surface area contributed by atoms with Crippen LogP contribution in [0.2, 0.25) is 10.0 Å². The van der Waals surface area contributed by atoms with Gasteiger partial charge in [-0.2, -0.15) is 13.2 Å². The topological polar surface area (TPSA) is 148 Å². The number of alkyl halides is 3. The Kier molecular flexibility index (Phi) is 11.9. The predicted molar refractivity (Wildman–Crippen MR) is 129 cm³/mol. The minimum absolute atomic E-state index is 0.129. The highest BCUT2D eigenvalue weighted by Gasteiger charge is 2.32. The second-order valence-corrected chi connectivity index (χ2v) is 7.59. The zero-order valence-electron chi connectivity index (χ0n) is 18.6. The minimum Gasteiger partial charge on any atom is -0.397 e. The minimum atomic E-state index is -4.36. The second-order valence-electron chi connectivity index (χ2n) is 6.74. The van der Waals surface area contributed by atoms with Crippen molar-refractivity contribution in [3.05, 3.63) is 80.7 Å². The fourth-order valence-electron chi connectivity index (χ4n) is 2.66.